The number of carboxylic acids is 1. The third-order valence-electron chi connectivity index (χ3n) is 4.16. The van der Waals surface area contributed by atoms with Gasteiger partial charge in [-0.25, -0.2) is 9.59 Å². The molecule has 0 spiro atoms. The molecule has 2 heterocycles. The van der Waals surface area contributed by atoms with Gasteiger partial charge in [0.2, 0.25) is 0 Å². The average molecular weight is 406 g/mol. The number of carboxylic acid groups (broad SMARTS) is 1. The van der Waals surface area contributed by atoms with E-state index in [4.69, 9.17) is 5.11 Å². The number of benzene rings is 2. The van der Waals surface area contributed by atoms with Crippen LogP contribution in [0.3, 0.4) is 0 Å². The summed E-state index contributed by atoms with van der Waals surface area (Å²) in [5.41, 5.74) is 2.30. The number of fused-ring (bicyclic) bond motifs is 2. The molecule has 4 aromatic rings. The van der Waals surface area contributed by atoms with E-state index in [1.165, 1.54) is 7.11 Å². The number of hydrogen-bond acceptors (Lipinski definition) is 6. The number of aromatic nitrogens is 4. The van der Waals surface area contributed by atoms with Gasteiger partial charge in [0.05, 0.1) is 41.7 Å². The normalized spacial score (nSPS) is 9.76. The minimum atomic E-state index is -0.922. The zero-order valence-electron chi connectivity index (χ0n) is 16.5. The van der Waals surface area contributed by atoms with E-state index in [9.17, 15) is 9.59 Å². The van der Waals surface area contributed by atoms with Gasteiger partial charge in [-0.05, 0) is 12.1 Å². The van der Waals surface area contributed by atoms with Crippen LogP contribution in [0.2, 0.25) is 0 Å². The van der Waals surface area contributed by atoms with Crippen molar-refractivity contribution in [1.29, 1.82) is 0 Å². The molecule has 0 saturated heterocycles. The van der Waals surface area contributed by atoms with Crippen LogP contribution in [0, 0.1) is 0 Å². The zero-order valence-corrected chi connectivity index (χ0v) is 18.5. The quantitative estimate of drug-likeness (QED) is 0.350. The number of hydrogen-bond donors (Lipinski definition) is 1. The molecule has 0 saturated carbocycles. The Kier molecular flexibility index (Phi) is 8.53. The number of aryl methyl sites for hydroxylation is 2. The number of rotatable bonds is 2. The van der Waals surface area contributed by atoms with Crippen LogP contribution < -0.4 is 29.6 Å². The number of carbonyl (C=O) groups excluding carboxylic acids is 1. The Balaban J connectivity index is 0.000000272. The molecule has 0 aliphatic rings. The molecule has 29 heavy (non-hydrogen) atoms. The number of methoxy groups -OCH3 is 1. The van der Waals surface area contributed by atoms with Gasteiger partial charge in [-0.2, -0.15) is 10.2 Å². The van der Waals surface area contributed by atoms with Gasteiger partial charge in [-0.15, -0.1) is 0 Å². The summed E-state index contributed by atoms with van der Waals surface area (Å²) in [6.45, 7) is 0. The molecule has 9 nitrogen and oxygen atoms in total. The maximum absolute atomic E-state index is 11.4. The van der Waals surface area contributed by atoms with Crippen molar-refractivity contribution in [3.8, 4) is 0 Å². The Morgan fingerprint density at radius 1 is 0.897 bits per heavy atom. The predicted molar refractivity (Wildman–Crippen MR) is 102 cm³/mol. The second-order valence-electron chi connectivity index (χ2n) is 5.82. The summed E-state index contributed by atoms with van der Waals surface area (Å²) in [5, 5.41) is 18.7. The third kappa shape index (κ3) is 4.83. The van der Waals surface area contributed by atoms with Crippen molar-refractivity contribution in [2.24, 2.45) is 14.1 Å². The first-order valence-corrected chi connectivity index (χ1v) is 8.07. The Morgan fingerprint density at radius 2 is 1.34 bits per heavy atom. The van der Waals surface area contributed by atoms with Crippen LogP contribution in [0.1, 0.15) is 20.7 Å². The first-order chi connectivity index (χ1) is 12.9. The van der Waals surface area contributed by atoms with E-state index in [1.807, 2.05) is 18.2 Å². The second-order valence-corrected chi connectivity index (χ2v) is 5.82. The minimum absolute atomic E-state index is 0. The predicted octanol–water partition coefficient (Wildman–Crippen LogP) is -0.541. The summed E-state index contributed by atoms with van der Waals surface area (Å²) in [6, 6.07) is 10.6. The van der Waals surface area contributed by atoms with Crippen molar-refractivity contribution >= 4 is 33.7 Å². The number of carbonyl (C=O) groups is 2. The summed E-state index contributed by atoms with van der Waals surface area (Å²) in [4.78, 5) is 22.2. The number of ether oxygens (including phenoxy) is 1. The van der Waals surface area contributed by atoms with E-state index in [2.05, 4.69) is 14.9 Å². The van der Waals surface area contributed by atoms with Gasteiger partial charge in [0.25, 0.3) is 0 Å². The van der Waals surface area contributed by atoms with Crippen molar-refractivity contribution in [2.75, 3.05) is 7.11 Å². The molecule has 0 fully saturated rings. The fourth-order valence-electron chi connectivity index (χ4n) is 2.91. The third-order valence-corrected chi connectivity index (χ3v) is 4.16. The van der Waals surface area contributed by atoms with Crippen molar-refractivity contribution in [2.45, 2.75) is 0 Å². The molecule has 10 heteroatoms. The van der Waals surface area contributed by atoms with Gasteiger partial charge in [-0.1, -0.05) is 24.3 Å². The molecule has 0 aliphatic heterocycles. The van der Waals surface area contributed by atoms with Gasteiger partial charge in [0.1, 0.15) is 0 Å². The SMILES string of the molecule is COC(=O)c1cccc2cnn(C)c12.Cn1ncc2cccc(C(=O)O)c21.[Na+].[OH-]. The Bertz CT molecular complexity index is 1150. The molecular formula is C19H19N4NaO5. The Morgan fingerprint density at radius 3 is 1.79 bits per heavy atom. The zero-order chi connectivity index (χ0) is 19.6. The number of nitrogens with zero attached hydrogens (tertiary/aromatic N) is 4. The van der Waals surface area contributed by atoms with Crippen molar-refractivity contribution in [3.63, 3.8) is 0 Å². The fraction of sp³-hybridized carbons (Fsp3) is 0.158. The monoisotopic (exact) mass is 406 g/mol. The van der Waals surface area contributed by atoms with E-state index in [-0.39, 0.29) is 46.6 Å². The van der Waals surface area contributed by atoms with Crippen molar-refractivity contribution in [3.05, 3.63) is 59.9 Å². The van der Waals surface area contributed by atoms with E-state index in [1.54, 1.807) is 54.1 Å². The van der Waals surface area contributed by atoms with Crippen LogP contribution in [0.25, 0.3) is 21.8 Å². The summed E-state index contributed by atoms with van der Waals surface area (Å²) in [5.74, 6) is -1.26. The molecule has 2 N–H and O–H groups in total. The largest absolute Gasteiger partial charge is 1.00 e. The van der Waals surface area contributed by atoms with E-state index in [0.29, 0.717) is 11.1 Å². The summed E-state index contributed by atoms with van der Waals surface area (Å²) in [7, 11) is 4.90. The first-order valence-electron chi connectivity index (χ1n) is 8.07. The van der Waals surface area contributed by atoms with Gasteiger partial charge in [0, 0.05) is 24.9 Å². The van der Waals surface area contributed by atoms with Gasteiger partial charge in [-0.3, -0.25) is 9.36 Å². The van der Waals surface area contributed by atoms with Crippen LogP contribution in [-0.4, -0.2) is 49.2 Å². The number of para-hydroxylation sites is 2. The average Bonchev–Trinajstić information content (AvgIpc) is 3.25. The molecule has 0 aliphatic carbocycles. The van der Waals surface area contributed by atoms with Crippen LogP contribution in [0.5, 0.6) is 0 Å². The fourth-order valence-corrected chi connectivity index (χ4v) is 2.91. The van der Waals surface area contributed by atoms with Crippen LogP contribution >= 0.6 is 0 Å². The number of aromatic carboxylic acids is 1. The van der Waals surface area contributed by atoms with Gasteiger partial charge >= 0.3 is 41.5 Å². The maximum Gasteiger partial charge on any atom is 1.00 e. The van der Waals surface area contributed by atoms with Gasteiger partial charge < -0.3 is 15.3 Å². The van der Waals surface area contributed by atoms with E-state index >= 15 is 0 Å². The maximum atomic E-state index is 11.4. The standard InChI is InChI=1S/C10H10N2O2.C9H8N2O2.Na.H2O/c1-12-9-7(6-11-12)4-3-5-8(9)10(13)14-2;1-11-8-6(5-10-11)3-2-4-7(8)9(12)13;;/h3-6H,1-2H3;2-5H,1H3,(H,12,13);;1H2/q;;+1;/p-1. The molecule has 0 radical (unpaired) electrons. The topological polar surface area (TPSA) is 129 Å². The second kappa shape index (κ2) is 10.2. The van der Waals surface area contributed by atoms with Gasteiger partial charge in [0.15, 0.2) is 0 Å². The Hall–Kier alpha value is -2.72. The van der Waals surface area contributed by atoms with Crippen molar-refractivity contribution in [1.82, 2.24) is 19.6 Å². The molecular weight excluding hydrogens is 387 g/mol. The summed E-state index contributed by atoms with van der Waals surface area (Å²) in [6.07, 6.45) is 3.38. The minimum Gasteiger partial charge on any atom is -0.870 e. The van der Waals surface area contributed by atoms with E-state index in [0.717, 1.165) is 16.3 Å². The Labute approximate surface area is 188 Å². The molecule has 4 rings (SSSR count). The van der Waals surface area contributed by atoms with E-state index < -0.39 is 5.97 Å². The summed E-state index contributed by atoms with van der Waals surface area (Å²) < 4.78 is 7.93. The molecule has 0 amide bonds. The van der Waals surface area contributed by atoms with Crippen LogP contribution in [0.4, 0.5) is 0 Å². The summed E-state index contributed by atoms with van der Waals surface area (Å²) >= 11 is 0. The van der Waals surface area contributed by atoms with Crippen molar-refractivity contribution < 1.29 is 54.5 Å². The molecule has 0 bridgehead atoms. The first kappa shape index (κ1) is 24.3. The number of esters is 1. The molecule has 2 aromatic heterocycles. The van der Waals surface area contributed by atoms with Crippen LogP contribution in [0.15, 0.2) is 48.8 Å². The molecule has 0 unspecified atom stereocenters. The smallest absolute Gasteiger partial charge is 0.870 e. The molecule has 2 aromatic carbocycles. The molecule has 0 atom stereocenters. The molecule has 146 valence electrons. The van der Waals surface area contributed by atoms with Crippen LogP contribution in [-0.2, 0) is 18.8 Å².